The zero-order valence-electron chi connectivity index (χ0n) is 10.1. The molecule has 0 saturated carbocycles. The third kappa shape index (κ3) is 3.53. The van der Waals surface area contributed by atoms with Crippen molar-refractivity contribution in [2.45, 2.75) is 12.3 Å². The Balaban J connectivity index is 2.42. The van der Waals surface area contributed by atoms with Crippen LogP contribution >= 0.6 is 27.5 Å². The van der Waals surface area contributed by atoms with E-state index in [2.05, 4.69) is 20.9 Å². The van der Waals surface area contributed by atoms with E-state index in [9.17, 15) is 22.7 Å². The Hall–Kier alpha value is -1.18. The number of rotatable bonds is 2. The predicted octanol–water partition coefficient (Wildman–Crippen LogP) is 4.74. The normalized spacial score (nSPS) is 13.3. The number of halogens is 6. The molecule has 21 heavy (non-hydrogen) atoms. The molecule has 0 amide bonds. The molecule has 0 aliphatic heterocycles. The monoisotopic (exact) mass is 383 g/mol. The lowest BCUT2D eigenvalue weighted by Crippen LogP contribution is -2.10. The summed E-state index contributed by atoms with van der Waals surface area (Å²) in [6.07, 6.45) is -5.95. The van der Waals surface area contributed by atoms with Crippen LogP contribution in [0, 0.1) is 5.82 Å². The minimum absolute atomic E-state index is 0.00280. The van der Waals surface area contributed by atoms with Gasteiger partial charge in [-0.15, -0.1) is 0 Å². The van der Waals surface area contributed by atoms with E-state index in [0.29, 0.717) is 0 Å². The summed E-state index contributed by atoms with van der Waals surface area (Å²) in [5.74, 6) is -0.519. The number of hydrogen-bond acceptors (Lipinski definition) is 2. The van der Waals surface area contributed by atoms with Crippen molar-refractivity contribution in [3.8, 4) is 0 Å². The second-order valence-electron chi connectivity index (χ2n) is 4.14. The molecule has 0 aliphatic carbocycles. The van der Waals surface area contributed by atoms with Gasteiger partial charge >= 0.3 is 6.18 Å². The first-order valence-electron chi connectivity index (χ1n) is 5.57. The van der Waals surface area contributed by atoms with Crippen molar-refractivity contribution in [1.82, 2.24) is 4.98 Å². The minimum Gasteiger partial charge on any atom is -0.384 e. The van der Waals surface area contributed by atoms with Gasteiger partial charge < -0.3 is 5.11 Å². The van der Waals surface area contributed by atoms with Crippen molar-refractivity contribution in [2.75, 3.05) is 0 Å². The summed E-state index contributed by atoms with van der Waals surface area (Å²) in [5.41, 5.74) is -0.890. The van der Waals surface area contributed by atoms with Gasteiger partial charge in [-0.1, -0.05) is 39.7 Å². The van der Waals surface area contributed by atoms with Gasteiger partial charge in [0.05, 0.1) is 0 Å². The van der Waals surface area contributed by atoms with Crippen LogP contribution in [0.5, 0.6) is 0 Å². The topological polar surface area (TPSA) is 33.1 Å². The maximum absolute atomic E-state index is 13.0. The van der Waals surface area contributed by atoms with Gasteiger partial charge in [0.15, 0.2) is 0 Å². The molecule has 1 N–H and O–H groups in total. The molecule has 0 radical (unpaired) electrons. The fraction of sp³-hybridized carbons (Fsp3) is 0.154. The quantitative estimate of drug-likeness (QED) is 0.599. The maximum Gasteiger partial charge on any atom is 0.433 e. The molecule has 2 nitrogen and oxygen atoms in total. The number of aliphatic hydroxyl groups excluding tert-OH is 1. The second kappa shape index (κ2) is 5.90. The molecule has 0 fully saturated rings. The molecule has 0 bridgehead atoms. The van der Waals surface area contributed by atoms with Gasteiger partial charge in [0, 0.05) is 10.0 Å². The summed E-state index contributed by atoms with van der Waals surface area (Å²) >= 11 is 8.78. The van der Waals surface area contributed by atoms with E-state index >= 15 is 0 Å². The first-order chi connectivity index (χ1) is 9.70. The number of nitrogens with zero attached hydrogens (tertiary/aromatic N) is 1. The van der Waals surface area contributed by atoms with E-state index in [1.165, 1.54) is 6.07 Å². The summed E-state index contributed by atoms with van der Waals surface area (Å²) in [5, 5.41) is 9.72. The SMILES string of the molecule is OC(c1ccc(F)cc1Br)c1ccc(C(F)(F)F)nc1Cl. The van der Waals surface area contributed by atoms with Crippen LogP contribution in [0.4, 0.5) is 17.6 Å². The lowest BCUT2D eigenvalue weighted by Gasteiger charge is -2.15. The number of alkyl halides is 3. The van der Waals surface area contributed by atoms with E-state index in [0.717, 1.165) is 24.3 Å². The van der Waals surface area contributed by atoms with Gasteiger partial charge in [-0.05, 0) is 23.8 Å². The van der Waals surface area contributed by atoms with Gasteiger partial charge in [0.25, 0.3) is 0 Å². The Morgan fingerprint density at radius 3 is 2.29 bits per heavy atom. The van der Waals surface area contributed by atoms with Gasteiger partial charge in [-0.25, -0.2) is 9.37 Å². The van der Waals surface area contributed by atoms with Crippen LogP contribution in [0.3, 0.4) is 0 Å². The van der Waals surface area contributed by atoms with E-state index < -0.39 is 28.9 Å². The molecule has 0 spiro atoms. The van der Waals surface area contributed by atoms with Crippen molar-refractivity contribution >= 4 is 27.5 Å². The van der Waals surface area contributed by atoms with Crippen LogP contribution in [0.15, 0.2) is 34.8 Å². The molecule has 1 aromatic carbocycles. The van der Waals surface area contributed by atoms with Crippen molar-refractivity contribution in [1.29, 1.82) is 0 Å². The van der Waals surface area contributed by atoms with Crippen LogP contribution < -0.4 is 0 Å². The Bertz CT molecular complexity index is 678. The predicted molar refractivity (Wildman–Crippen MR) is 72.4 cm³/mol. The Morgan fingerprint density at radius 1 is 1.14 bits per heavy atom. The van der Waals surface area contributed by atoms with Gasteiger partial charge in [0.2, 0.25) is 0 Å². The van der Waals surface area contributed by atoms with Crippen molar-refractivity contribution in [2.24, 2.45) is 0 Å². The first kappa shape index (κ1) is 16.2. The highest BCUT2D eigenvalue weighted by Gasteiger charge is 2.33. The van der Waals surface area contributed by atoms with Crippen LogP contribution in [-0.4, -0.2) is 10.1 Å². The number of hydrogen-bond donors (Lipinski definition) is 1. The molecule has 2 aromatic rings. The molecule has 112 valence electrons. The van der Waals surface area contributed by atoms with Gasteiger partial charge in [0.1, 0.15) is 22.8 Å². The van der Waals surface area contributed by atoms with Crippen LogP contribution in [0.1, 0.15) is 22.9 Å². The third-order valence-corrected chi connectivity index (χ3v) is 3.71. The van der Waals surface area contributed by atoms with Crippen molar-refractivity contribution in [3.05, 3.63) is 62.6 Å². The molecule has 1 aromatic heterocycles. The summed E-state index contributed by atoms with van der Waals surface area (Å²) in [6, 6.07) is 5.32. The van der Waals surface area contributed by atoms with E-state index in [-0.39, 0.29) is 15.6 Å². The summed E-state index contributed by atoms with van der Waals surface area (Å²) in [4.78, 5) is 3.23. The highest BCUT2D eigenvalue weighted by atomic mass is 79.9. The van der Waals surface area contributed by atoms with Crippen LogP contribution in [0.2, 0.25) is 5.15 Å². The van der Waals surface area contributed by atoms with Gasteiger partial charge in [-0.3, -0.25) is 0 Å². The summed E-state index contributed by atoms with van der Waals surface area (Å²) in [7, 11) is 0. The Kier molecular flexibility index (Phi) is 4.55. The molecule has 2 rings (SSSR count). The van der Waals surface area contributed by atoms with E-state index in [4.69, 9.17) is 11.6 Å². The highest BCUT2D eigenvalue weighted by Crippen LogP contribution is 2.35. The molecule has 1 heterocycles. The fourth-order valence-electron chi connectivity index (χ4n) is 1.70. The molecular weight excluding hydrogens is 377 g/mol. The number of benzene rings is 1. The first-order valence-corrected chi connectivity index (χ1v) is 6.74. The molecule has 0 aliphatic rings. The second-order valence-corrected chi connectivity index (χ2v) is 5.36. The Labute approximate surface area is 130 Å². The highest BCUT2D eigenvalue weighted by molar-refractivity contribution is 9.10. The Morgan fingerprint density at radius 2 is 1.76 bits per heavy atom. The number of pyridine rings is 1. The smallest absolute Gasteiger partial charge is 0.384 e. The van der Waals surface area contributed by atoms with Crippen LogP contribution in [-0.2, 0) is 6.18 Å². The lowest BCUT2D eigenvalue weighted by molar-refractivity contribution is -0.141. The molecule has 0 saturated heterocycles. The van der Waals surface area contributed by atoms with Crippen molar-refractivity contribution in [3.63, 3.8) is 0 Å². The van der Waals surface area contributed by atoms with E-state index in [1.807, 2.05) is 0 Å². The number of aromatic nitrogens is 1. The summed E-state index contributed by atoms with van der Waals surface area (Å²) < 4.78 is 50.8. The molecule has 1 unspecified atom stereocenters. The standard InChI is InChI=1S/C13H7BrClF4NO/c14-9-5-6(16)1-2-7(9)11(21)8-3-4-10(13(17,18)19)20-12(8)15/h1-5,11,21H. The van der Waals surface area contributed by atoms with E-state index in [1.54, 1.807) is 0 Å². The minimum atomic E-state index is -4.62. The average Bonchev–Trinajstić information content (AvgIpc) is 2.36. The fourth-order valence-corrected chi connectivity index (χ4v) is 2.52. The third-order valence-electron chi connectivity index (χ3n) is 2.72. The van der Waals surface area contributed by atoms with Gasteiger partial charge in [-0.2, -0.15) is 13.2 Å². The van der Waals surface area contributed by atoms with Crippen LogP contribution in [0.25, 0.3) is 0 Å². The number of aliphatic hydroxyl groups is 1. The molecular formula is C13H7BrClF4NO. The lowest BCUT2D eigenvalue weighted by atomic mass is 10.0. The maximum atomic E-state index is 13.0. The molecule has 1 atom stereocenters. The summed E-state index contributed by atoms with van der Waals surface area (Å²) in [6.45, 7) is 0. The van der Waals surface area contributed by atoms with Crippen molar-refractivity contribution < 1.29 is 22.7 Å². The zero-order chi connectivity index (χ0) is 15.8. The average molecular weight is 385 g/mol. The zero-order valence-corrected chi connectivity index (χ0v) is 12.5. The largest absolute Gasteiger partial charge is 0.433 e. The molecule has 8 heteroatoms.